The molecule has 1 aromatic carbocycles. The normalized spacial score (nSPS) is 12.2. The lowest BCUT2D eigenvalue weighted by molar-refractivity contribution is -0.384. The Bertz CT molecular complexity index is 518. The summed E-state index contributed by atoms with van der Waals surface area (Å²) >= 11 is 5.80. The van der Waals surface area contributed by atoms with E-state index in [1.54, 1.807) is 0 Å². The highest BCUT2D eigenvalue weighted by atomic mass is 35.5. The third-order valence-electron chi connectivity index (χ3n) is 3.21. The summed E-state index contributed by atoms with van der Waals surface area (Å²) in [6, 6.07) is 3.95. The number of carbonyl (C=O) groups excluding carboxylic acids is 1. The van der Waals surface area contributed by atoms with E-state index in [2.05, 4.69) is 24.1 Å². The molecule has 1 N–H and O–H groups in total. The fourth-order valence-electron chi connectivity index (χ4n) is 2.02. The van der Waals surface area contributed by atoms with Crippen LogP contribution in [0, 0.1) is 10.1 Å². The molecule has 1 rings (SSSR count). The first-order valence-corrected chi connectivity index (χ1v) is 7.24. The van der Waals surface area contributed by atoms with E-state index in [-0.39, 0.29) is 22.7 Å². The highest BCUT2D eigenvalue weighted by Crippen LogP contribution is 2.24. The molecule has 1 atom stereocenters. The lowest BCUT2D eigenvalue weighted by Gasteiger charge is -2.23. The third-order valence-corrected chi connectivity index (χ3v) is 3.51. The number of halogens is 1. The summed E-state index contributed by atoms with van der Waals surface area (Å²) in [6.07, 6.45) is 0. The van der Waals surface area contributed by atoms with Gasteiger partial charge in [-0.3, -0.25) is 14.9 Å². The molecule has 116 valence electrons. The Morgan fingerprint density at radius 1 is 1.43 bits per heavy atom. The number of nitro benzene ring substituents is 1. The zero-order valence-corrected chi connectivity index (χ0v) is 13.2. The van der Waals surface area contributed by atoms with E-state index in [4.69, 9.17) is 11.6 Å². The minimum Gasteiger partial charge on any atom is -0.348 e. The minimum atomic E-state index is -0.576. The monoisotopic (exact) mass is 313 g/mol. The standard InChI is InChI=1S/C14H20ClN3O3/c1-4-17(5-2)9-10(3)16-14(19)11-6-7-13(18(20)21)12(15)8-11/h6-8,10H,4-5,9H2,1-3H3,(H,16,19). The molecule has 0 heterocycles. The first-order valence-electron chi connectivity index (χ1n) is 6.86. The van der Waals surface area contributed by atoms with Gasteiger partial charge in [-0.25, -0.2) is 0 Å². The van der Waals surface area contributed by atoms with Crippen LogP contribution in [0.1, 0.15) is 31.1 Å². The third kappa shape index (κ3) is 4.99. The molecule has 0 aliphatic carbocycles. The summed E-state index contributed by atoms with van der Waals surface area (Å²) in [5, 5.41) is 13.5. The second kappa shape index (κ2) is 7.95. The lowest BCUT2D eigenvalue weighted by Crippen LogP contribution is -2.41. The quantitative estimate of drug-likeness (QED) is 0.620. The molecule has 0 aliphatic heterocycles. The van der Waals surface area contributed by atoms with Crippen molar-refractivity contribution in [2.75, 3.05) is 19.6 Å². The molecule has 0 bridgehead atoms. The SMILES string of the molecule is CCN(CC)CC(C)NC(=O)c1ccc([N+](=O)[O-])c(Cl)c1. The number of hydrogen-bond donors (Lipinski definition) is 1. The molecule has 1 amide bonds. The number of carbonyl (C=O) groups is 1. The molecule has 1 unspecified atom stereocenters. The van der Waals surface area contributed by atoms with Crippen LogP contribution in [0.3, 0.4) is 0 Å². The van der Waals surface area contributed by atoms with Crippen LogP contribution in [-0.4, -0.2) is 41.4 Å². The predicted octanol–water partition coefficient (Wildman–Crippen LogP) is 2.71. The molecule has 21 heavy (non-hydrogen) atoms. The van der Waals surface area contributed by atoms with Crippen molar-refractivity contribution in [3.63, 3.8) is 0 Å². The number of nitro groups is 1. The van der Waals surface area contributed by atoms with Crippen molar-refractivity contribution in [1.82, 2.24) is 10.2 Å². The topological polar surface area (TPSA) is 75.5 Å². The molecule has 0 aromatic heterocycles. The number of amides is 1. The highest BCUT2D eigenvalue weighted by Gasteiger charge is 2.17. The molecule has 0 fully saturated rings. The van der Waals surface area contributed by atoms with Crippen LogP contribution < -0.4 is 5.32 Å². The zero-order chi connectivity index (χ0) is 16.0. The fourth-order valence-corrected chi connectivity index (χ4v) is 2.27. The lowest BCUT2D eigenvalue weighted by atomic mass is 10.1. The van der Waals surface area contributed by atoms with Crippen molar-refractivity contribution >= 4 is 23.2 Å². The Kier molecular flexibility index (Phi) is 6.58. The van der Waals surface area contributed by atoms with Gasteiger partial charge in [-0.1, -0.05) is 25.4 Å². The first kappa shape index (κ1) is 17.4. The van der Waals surface area contributed by atoms with E-state index in [0.29, 0.717) is 5.56 Å². The zero-order valence-electron chi connectivity index (χ0n) is 12.4. The number of rotatable bonds is 7. The van der Waals surface area contributed by atoms with Crippen molar-refractivity contribution in [3.8, 4) is 0 Å². The Hall–Kier alpha value is -1.66. The summed E-state index contributed by atoms with van der Waals surface area (Å²) in [5.74, 6) is -0.286. The summed E-state index contributed by atoms with van der Waals surface area (Å²) < 4.78 is 0. The Labute approximate surface area is 129 Å². The van der Waals surface area contributed by atoms with Crippen LogP contribution in [0.4, 0.5) is 5.69 Å². The molecule has 0 radical (unpaired) electrons. The van der Waals surface area contributed by atoms with Gasteiger partial charge < -0.3 is 10.2 Å². The molecule has 0 spiro atoms. The van der Waals surface area contributed by atoms with Gasteiger partial charge in [0.05, 0.1) is 4.92 Å². The summed E-state index contributed by atoms with van der Waals surface area (Å²) in [7, 11) is 0. The summed E-state index contributed by atoms with van der Waals surface area (Å²) in [5.41, 5.74) is 0.112. The molecule has 7 heteroatoms. The maximum Gasteiger partial charge on any atom is 0.287 e. The molecule has 1 aromatic rings. The molecule has 0 saturated heterocycles. The van der Waals surface area contributed by atoms with Gasteiger partial charge in [0.15, 0.2) is 0 Å². The van der Waals surface area contributed by atoms with Crippen molar-refractivity contribution in [2.24, 2.45) is 0 Å². The van der Waals surface area contributed by atoms with Crippen LogP contribution in [0.5, 0.6) is 0 Å². The van der Waals surface area contributed by atoms with Gasteiger partial charge in [0, 0.05) is 24.2 Å². The maximum absolute atomic E-state index is 12.1. The van der Waals surface area contributed by atoms with Crippen LogP contribution >= 0.6 is 11.6 Å². The predicted molar refractivity (Wildman–Crippen MR) is 82.8 cm³/mol. The van der Waals surface area contributed by atoms with Crippen molar-refractivity contribution in [3.05, 3.63) is 38.9 Å². The summed E-state index contributed by atoms with van der Waals surface area (Å²) in [4.78, 5) is 24.4. The molecular formula is C14H20ClN3O3. The van der Waals surface area contributed by atoms with Crippen molar-refractivity contribution < 1.29 is 9.72 Å². The Balaban J connectivity index is 2.71. The van der Waals surface area contributed by atoms with Gasteiger partial charge in [-0.15, -0.1) is 0 Å². The van der Waals surface area contributed by atoms with Gasteiger partial charge in [0.25, 0.3) is 11.6 Å². The van der Waals surface area contributed by atoms with Crippen LogP contribution in [0.25, 0.3) is 0 Å². The second-order valence-corrected chi connectivity index (χ2v) is 5.19. The van der Waals surface area contributed by atoms with Crippen LogP contribution in [0.15, 0.2) is 18.2 Å². The highest BCUT2D eigenvalue weighted by molar-refractivity contribution is 6.33. The average Bonchev–Trinajstić information content (AvgIpc) is 2.44. The van der Waals surface area contributed by atoms with Gasteiger partial charge in [-0.05, 0) is 32.1 Å². The minimum absolute atomic E-state index is 0.0219. The van der Waals surface area contributed by atoms with E-state index in [1.165, 1.54) is 18.2 Å². The number of hydrogen-bond acceptors (Lipinski definition) is 4. The van der Waals surface area contributed by atoms with E-state index < -0.39 is 4.92 Å². The van der Waals surface area contributed by atoms with Gasteiger partial charge in [-0.2, -0.15) is 0 Å². The first-order chi connectivity index (χ1) is 9.88. The average molecular weight is 314 g/mol. The van der Waals surface area contributed by atoms with Gasteiger partial charge in [0.1, 0.15) is 5.02 Å². The van der Waals surface area contributed by atoms with Gasteiger partial charge in [0.2, 0.25) is 0 Å². The van der Waals surface area contributed by atoms with E-state index >= 15 is 0 Å². The Morgan fingerprint density at radius 2 is 2.05 bits per heavy atom. The fraction of sp³-hybridized carbons (Fsp3) is 0.500. The molecule has 0 saturated carbocycles. The Morgan fingerprint density at radius 3 is 2.52 bits per heavy atom. The summed E-state index contributed by atoms with van der Waals surface area (Å²) in [6.45, 7) is 8.63. The maximum atomic E-state index is 12.1. The van der Waals surface area contributed by atoms with E-state index in [1.807, 2.05) is 6.92 Å². The van der Waals surface area contributed by atoms with E-state index in [0.717, 1.165) is 19.6 Å². The number of likely N-dealkylation sites (N-methyl/N-ethyl adjacent to an activating group) is 1. The molecule has 6 nitrogen and oxygen atoms in total. The van der Waals surface area contributed by atoms with Crippen molar-refractivity contribution in [2.45, 2.75) is 26.8 Å². The number of benzene rings is 1. The molecular weight excluding hydrogens is 294 g/mol. The van der Waals surface area contributed by atoms with E-state index in [9.17, 15) is 14.9 Å². The molecule has 0 aliphatic rings. The van der Waals surface area contributed by atoms with Crippen LogP contribution in [-0.2, 0) is 0 Å². The number of nitrogens with zero attached hydrogens (tertiary/aromatic N) is 2. The number of nitrogens with one attached hydrogen (secondary N) is 1. The smallest absolute Gasteiger partial charge is 0.287 e. The van der Waals surface area contributed by atoms with Crippen LogP contribution in [0.2, 0.25) is 5.02 Å². The van der Waals surface area contributed by atoms with Gasteiger partial charge >= 0.3 is 0 Å². The largest absolute Gasteiger partial charge is 0.348 e. The second-order valence-electron chi connectivity index (χ2n) is 4.78. The van der Waals surface area contributed by atoms with Crippen molar-refractivity contribution in [1.29, 1.82) is 0 Å².